The van der Waals surface area contributed by atoms with E-state index in [1.165, 1.54) is 16.8 Å². The molecule has 0 aliphatic carbocycles. The molecule has 4 aromatic rings. The molecule has 5 rings (SSSR count). The van der Waals surface area contributed by atoms with Gasteiger partial charge in [0.1, 0.15) is 5.75 Å². The Bertz CT molecular complexity index is 1800. The van der Waals surface area contributed by atoms with E-state index >= 15 is 0 Å². The van der Waals surface area contributed by atoms with E-state index in [9.17, 15) is 10.4 Å². The fraction of sp³-hybridized carbons (Fsp3) is 0.415. The summed E-state index contributed by atoms with van der Waals surface area (Å²) in [5, 5.41) is 23.3. The average Bonchev–Trinajstić information content (AvgIpc) is 3.54. The van der Waals surface area contributed by atoms with Gasteiger partial charge in [-0.1, -0.05) is 6.07 Å². The van der Waals surface area contributed by atoms with Gasteiger partial charge in [0.25, 0.3) is 0 Å². The molecule has 1 aliphatic heterocycles. The fourth-order valence-electron chi connectivity index (χ4n) is 6.27. The van der Waals surface area contributed by atoms with Crippen LogP contribution in [0.15, 0.2) is 67.0 Å². The van der Waals surface area contributed by atoms with Crippen LogP contribution in [0.4, 0.5) is 0 Å². The number of ether oxygens (including phenoxy) is 3. The fourth-order valence-corrected chi connectivity index (χ4v) is 11.5. The van der Waals surface area contributed by atoms with Crippen LogP contribution in [0, 0.1) is 25.2 Å². The summed E-state index contributed by atoms with van der Waals surface area (Å²) >= 11 is 6.42. The smallest absolute Gasteiger partial charge is 0.493 e. The first-order chi connectivity index (χ1) is 24.7. The zero-order valence-electron chi connectivity index (χ0n) is 30.2. The number of likely N-dealkylation sites (tertiary alicyclic amines) is 1. The van der Waals surface area contributed by atoms with E-state index in [0.29, 0.717) is 36.2 Å². The number of nitrogens with zero attached hydrogens (tertiary/aromatic N) is 3. The van der Waals surface area contributed by atoms with Gasteiger partial charge in [-0.2, -0.15) is 0 Å². The third-order valence-electron chi connectivity index (χ3n) is 9.16. The molecule has 1 radical (unpaired) electrons. The first kappa shape index (κ1) is 39.2. The van der Waals surface area contributed by atoms with Gasteiger partial charge in [-0.25, -0.2) is 0 Å². The van der Waals surface area contributed by atoms with Crippen LogP contribution in [0.3, 0.4) is 0 Å². The van der Waals surface area contributed by atoms with Crippen molar-refractivity contribution < 1.29 is 19.3 Å². The quantitative estimate of drug-likeness (QED) is 0.0794. The second-order valence-electron chi connectivity index (χ2n) is 13.4. The minimum atomic E-state index is -0.592. The molecule has 1 saturated heterocycles. The molecule has 1 aliphatic rings. The van der Waals surface area contributed by atoms with Crippen LogP contribution in [0.25, 0.3) is 11.1 Å². The molecule has 0 amide bonds. The topological polar surface area (TPSA) is 87.8 Å². The van der Waals surface area contributed by atoms with Crippen molar-refractivity contribution in [2.24, 2.45) is 0 Å². The summed E-state index contributed by atoms with van der Waals surface area (Å²) in [6, 6.07) is 20.5. The molecule has 2 heterocycles. The number of β-amino-alcohol motifs (C(OH)–C–C–N with tert-alkyl or cyclic N) is 1. The monoisotopic (exact) mass is 832 g/mol. The molecule has 7 nitrogen and oxygen atoms in total. The Hall–Kier alpha value is -2.97. The summed E-state index contributed by atoms with van der Waals surface area (Å²) in [7, 11) is 0. The summed E-state index contributed by atoms with van der Waals surface area (Å²) < 4.78 is 19.0. The number of halogens is 1. The van der Waals surface area contributed by atoms with E-state index < -0.39 is 14.7 Å². The Morgan fingerprint density at radius 2 is 1.73 bits per heavy atom. The average molecular weight is 833 g/mol. The Morgan fingerprint density at radius 3 is 2.49 bits per heavy atom. The summed E-state index contributed by atoms with van der Waals surface area (Å²) in [6.45, 7) is 8.21. The summed E-state index contributed by atoms with van der Waals surface area (Å²) in [4.78, 5) is 6.49. The number of aliphatic hydroxyl groups excluding tert-OH is 1. The van der Waals surface area contributed by atoms with Crippen LogP contribution in [0.5, 0.6) is 17.2 Å². The van der Waals surface area contributed by atoms with Crippen LogP contribution < -0.4 is 14.2 Å². The van der Waals surface area contributed by atoms with E-state index in [1.54, 1.807) is 12.4 Å². The molecule has 51 heavy (non-hydrogen) atoms. The third kappa shape index (κ3) is 11.5. The van der Waals surface area contributed by atoms with Crippen molar-refractivity contribution in [3.8, 4) is 34.4 Å². The second-order valence-corrected chi connectivity index (χ2v) is 21.8. The number of rotatable bonds is 18. The van der Waals surface area contributed by atoms with Gasteiger partial charge in [-0.3, -0.25) is 0 Å². The van der Waals surface area contributed by atoms with E-state index in [4.69, 9.17) is 25.8 Å². The first-order valence-electron chi connectivity index (χ1n) is 17.6. The molecule has 1 fully saturated rings. The van der Waals surface area contributed by atoms with Crippen LogP contribution in [-0.4, -0.2) is 77.7 Å². The number of hydrogen-bond acceptors (Lipinski definition) is 7. The van der Waals surface area contributed by atoms with Gasteiger partial charge in [0, 0.05) is 19.6 Å². The molecule has 269 valence electrons. The zero-order chi connectivity index (χ0) is 36.2. The molecule has 1 unspecified atom stereocenters. The van der Waals surface area contributed by atoms with Crippen molar-refractivity contribution in [2.45, 2.75) is 79.5 Å². The van der Waals surface area contributed by atoms with Crippen LogP contribution >= 0.6 is 11.6 Å². The van der Waals surface area contributed by atoms with Crippen molar-refractivity contribution >= 4 is 42.0 Å². The zero-order valence-corrected chi connectivity index (χ0v) is 34.7. The van der Waals surface area contributed by atoms with Gasteiger partial charge in [0.15, 0.2) is 0 Å². The number of pyridine rings is 1. The second kappa shape index (κ2) is 19.7. The summed E-state index contributed by atoms with van der Waals surface area (Å²) in [5.74, 6) is 2.25. The van der Waals surface area contributed by atoms with Crippen molar-refractivity contribution in [3.63, 3.8) is 0 Å². The number of aliphatic hydroxyl groups is 1. The van der Waals surface area contributed by atoms with Crippen molar-refractivity contribution in [1.82, 2.24) is 9.88 Å². The number of hydrogen-bond donors (Lipinski definition) is 1. The molecule has 0 saturated carbocycles. The Kier molecular flexibility index (Phi) is 15.2. The normalized spacial score (nSPS) is 14.7. The summed E-state index contributed by atoms with van der Waals surface area (Å²) in [5.41, 5.74) is 12.9. The molecule has 1 aromatic heterocycles. The SMILES string of the molecule is Cc1c(COc2cc(OCc3cncc(C#N)c3)c(C[As]CCC[As](C)C)cc2Cl)cccc1-c1cccc(OCCCN2CCC(O)C2)c1C. The van der Waals surface area contributed by atoms with E-state index in [-0.39, 0.29) is 21.9 Å². The maximum atomic E-state index is 9.80. The number of benzene rings is 3. The summed E-state index contributed by atoms with van der Waals surface area (Å²) in [6.07, 6.45) is 6.19. The minimum absolute atomic E-state index is 0.141. The molecule has 0 spiro atoms. The van der Waals surface area contributed by atoms with Gasteiger partial charge < -0.3 is 14.7 Å². The Labute approximate surface area is 320 Å². The van der Waals surface area contributed by atoms with Gasteiger partial charge in [-0.15, -0.1) is 0 Å². The van der Waals surface area contributed by atoms with Gasteiger partial charge in [0.2, 0.25) is 0 Å². The standard InChI is InChI=1S/C41H49As2ClN3O4/c1-29-33(9-5-10-36(29)37-11-6-12-39(30(37)2)49-18-8-16-47-17-13-35(48)26-47)28-51-41-21-40(50-27-32-19-31(23-45)24-46-25-32)34(20-38(41)44)22-42-14-7-15-43(3)4/h5-6,9-12,19-21,24-25,35,48H,7-8,13-18,22,26-28H2,1-4H3. The molecule has 1 N–H and O–H groups in total. The first-order valence-corrected chi connectivity index (χ1v) is 25.7. The Morgan fingerprint density at radius 1 is 0.941 bits per heavy atom. The molecule has 0 bridgehead atoms. The van der Waals surface area contributed by atoms with Crippen LogP contribution in [0.2, 0.25) is 26.9 Å². The third-order valence-corrected chi connectivity index (χ3v) is 14.5. The van der Waals surface area contributed by atoms with Gasteiger partial charge >= 0.3 is 237 Å². The Balaban J connectivity index is 1.27. The van der Waals surface area contributed by atoms with Gasteiger partial charge in [0.05, 0.1) is 12.7 Å². The molecular weight excluding hydrogens is 784 g/mol. The molecule has 3 aromatic carbocycles. The van der Waals surface area contributed by atoms with Crippen LogP contribution in [0.1, 0.15) is 52.6 Å². The van der Waals surface area contributed by atoms with E-state index in [2.05, 4.69) is 71.6 Å². The maximum absolute atomic E-state index is 9.80. The van der Waals surface area contributed by atoms with E-state index in [1.807, 2.05) is 24.3 Å². The van der Waals surface area contributed by atoms with Crippen LogP contribution in [-0.2, 0) is 18.4 Å². The van der Waals surface area contributed by atoms with Crippen molar-refractivity contribution in [3.05, 3.63) is 105 Å². The van der Waals surface area contributed by atoms with E-state index in [0.717, 1.165) is 88.1 Å². The van der Waals surface area contributed by atoms with Gasteiger partial charge in [-0.05, 0) is 25.8 Å². The predicted octanol–water partition coefficient (Wildman–Crippen LogP) is 8.65. The molecule has 10 heteroatoms. The predicted molar refractivity (Wildman–Crippen MR) is 209 cm³/mol. The van der Waals surface area contributed by atoms with Crippen molar-refractivity contribution in [1.29, 1.82) is 5.26 Å². The number of nitriles is 1. The van der Waals surface area contributed by atoms with Crippen molar-refractivity contribution in [2.75, 3.05) is 26.2 Å². The molecule has 1 atom stereocenters. The molecular formula is C41H49As2ClN3O4. The number of aromatic nitrogens is 1. The minimum Gasteiger partial charge on any atom is -0.493 e.